The minimum absolute atomic E-state index is 0.0159. The lowest BCUT2D eigenvalue weighted by Gasteiger charge is -2.19. The van der Waals surface area contributed by atoms with Gasteiger partial charge in [-0.3, -0.25) is 4.79 Å². The van der Waals surface area contributed by atoms with Crippen LogP contribution in [-0.2, 0) is 14.8 Å². The Morgan fingerprint density at radius 2 is 1.95 bits per heavy atom. The molecule has 0 radical (unpaired) electrons. The van der Waals surface area contributed by atoms with Crippen LogP contribution in [0.2, 0.25) is 0 Å². The van der Waals surface area contributed by atoms with Crippen LogP contribution in [0.5, 0.6) is 0 Å². The van der Waals surface area contributed by atoms with Crippen LogP contribution in [0.25, 0.3) is 0 Å². The smallest absolute Gasteiger partial charge is 0.246 e. The van der Waals surface area contributed by atoms with Crippen molar-refractivity contribution >= 4 is 15.9 Å². The quantitative estimate of drug-likeness (QED) is 0.861. The molecule has 1 saturated heterocycles. The zero-order valence-electron chi connectivity index (χ0n) is 9.90. The minimum Gasteiger partial charge on any atom is -0.355 e. The number of amides is 1. The van der Waals surface area contributed by atoms with Gasteiger partial charge >= 0.3 is 0 Å². The van der Waals surface area contributed by atoms with Gasteiger partial charge in [-0.1, -0.05) is 0 Å². The van der Waals surface area contributed by atoms with E-state index in [1.165, 1.54) is 0 Å². The molecule has 19 heavy (non-hydrogen) atoms. The van der Waals surface area contributed by atoms with Crippen LogP contribution in [0.4, 0.5) is 8.78 Å². The number of rotatable bonds is 2. The number of hydrogen-bond acceptors (Lipinski definition) is 3. The fourth-order valence-corrected chi connectivity index (χ4v) is 3.30. The second-order valence-electron chi connectivity index (χ2n) is 4.08. The first-order valence-corrected chi connectivity index (χ1v) is 7.07. The molecule has 0 spiro atoms. The lowest BCUT2D eigenvalue weighted by atomic mass is 10.3. The molecule has 1 amide bonds. The molecular formula is C11H12F2N2O3S. The normalized spacial score (nSPS) is 17.9. The lowest BCUT2D eigenvalue weighted by Crippen LogP contribution is -2.34. The summed E-state index contributed by atoms with van der Waals surface area (Å²) < 4.78 is 51.8. The average molecular weight is 290 g/mol. The van der Waals surface area contributed by atoms with E-state index < -0.39 is 26.6 Å². The largest absolute Gasteiger partial charge is 0.355 e. The summed E-state index contributed by atoms with van der Waals surface area (Å²) >= 11 is 0. The van der Waals surface area contributed by atoms with Gasteiger partial charge in [0.2, 0.25) is 15.9 Å². The highest BCUT2D eigenvalue weighted by Gasteiger charge is 2.29. The topological polar surface area (TPSA) is 66.5 Å². The highest BCUT2D eigenvalue weighted by Crippen LogP contribution is 2.20. The van der Waals surface area contributed by atoms with E-state index in [4.69, 9.17) is 0 Å². The van der Waals surface area contributed by atoms with Crippen molar-refractivity contribution in [2.45, 2.75) is 11.3 Å². The first kappa shape index (κ1) is 13.9. The standard InChI is InChI=1S/C11H12F2N2O3S/c12-8-1-2-10(9(13)7-8)19(17,18)15-5-3-11(16)14-4-6-15/h1-2,7H,3-6H2,(H,14,16). The van der Waals surface area contributed by atoms with Gasteiger partial charge in [-0.25, -0.2) is 17.2 Å². The zero-order valence-corrected chi connectivity index (χ0v) is 10.7. The number of nitrogens with zero attached hydrogens (tertiary/aromatic N) is 1. The van der Waals surface area contributed by atoms with E-state index in [-0.39, 0.29) is 32.0 Å². The molecule has 1 aromatic rings. The highest BCUT2D eigenvalue weighted by atomic mass is 32.2. The van der Waals surface area contributed by atoms with Crippen molar-refractivity contribution < 1.29 is 22.0 Å². The maximum absolute atomic E-state index is 13.6. The lowest BCUT2D eigenvalue weighted by molar-refractivity contribution is -0.120. The fraction of sp³-hybridized carbons (Fsp3) is 0.364. The summed E-state index contributed by atoms with van der Waals surface area (Å²) in [6.45, 7) is 0.205. The van der Waals surface area contributed by atoms with Gasteiger partial charge in [0.05, 0.1) is 0 Å². The van der Waals surface area contributed by atoms with Gasteiger partial charge in [0.1, 0.15) is 16.5 Å². The molecule has 1 N–H and O–H groups in total. The van der Waals surface area contributed by atoms with Gasteiger partial charge < -0.3 is 5.32 Å². The number of nitrogens with one attached hydrogen (secondary N) is 1. The number of benzene rings is 1. The van der Waals surface area contributed by atoms with E-state index in [1.807, 2.05) is 0 Å². The monoisotopic (exact) mass is 290 g/mol. The van der Waals surface area contributed by atoms with Crippen LogP contribution >= 0.6 is 0 Å². The second-order valence-corrected chi connectivity index (χ2v) is 5.99. The van der Waals surface area contributed by atoms with Crippen LogP contribution < -0.4 is 5.32 Å². The SMILES string of the molecule is O=C1CCN(S(=O)(=O)c2ccc(F)cc2F)CCN1. The molecular weight excluding hydrogens is 278 g/mol. The molecule has 2 rings (SSSR count). The van der Waals surface area contributed by atoms with Gasteiger partial charge in [0.25, 0.3) is 0 Å². The third-order valence-electron chi connectivity index (χ3n) is 2.78. The van der Waals surface area contributed by atoms with E-state index in [1.54, 1.807) is 0 Å². The Hall–Kier alpha value is -1.54. The number of carbonyl (C=O) groups is 1. The maximum Gasteiger partial charge on any atom is 0.246 e. The first-order valence-electron chi connectivity index (χ1n) is 5.63. The number of hydrogen-bond donors (Lipinski definition) is 1. The molecule has 0 bridgehead atoms. The fourth-order valence-electron chi connectivity index (χ4n) is 1.81. The van der Waals surface area contributed by atoms with Gasteiger partial charge in [-0.2, -0.15) is 4.31 Å². The maximum atomic E-state index is 13.6. The third kappa shape index (κ3) is 2.90. The second kappa shape index (κ2) is 5.22. The Bertz CT molecular complexity index is 604. The van der Waals surface area contributed by atoms with Crippen molar-refractivity contribution in [3.05, 3.63) is 29.8 Å². The molecule has 1 aliphatic rings. The van der Waals surface area contributed by atoms with E-state index in [9.17, 15) is 22.0 Å². The van der Waals surface area contributed by atoms with Crippen LogP contribution in [-0.4, -0.2) is 38.3 Å². The Morgan fingerprint density at radius 1 is 1.21 bits per heavy atom. The van der Waals surface area contributed by atoms with Crippen LogP contribution in [0.15, 0.2) is 23.1 Å². The summed E-state index contributed by atoms with van der Waals surface area (Å²) in [5, 5.41) is 2.52. The molecule has 8 heteroatoms. The van der Waals surface area contributed by atoms with Crippen LogP contribution in [0, 0.1) is 11.6 Å². The van der Waals surface area contributed by atoms with Crippen molar-refractivity contribution in [2.75, 3.05) is 19.6 Å². The molecule has 1 heterocycles. The summed E-state index contributed by atoms with van der Waals surface area (Å²) in [7, 11) is -4.06. The van der Waals surface area contributed by atoms with Gasteiger partial charge in [0.15, 0.2) is 0 Å². The van der Waals surface area contributed by atoms with E-state index in [2.05, 4.69) is 5.32 Å². The highest BCUT2D eigenvalue weighted by molar-refractivity contribution is 7.89. The van der Waals surface area contributed by atoms with Crippen LogP contribution in [0.3, 0.4) is 0 Å². The molecule has 104 valence electrons. The molecule has 5 nitrogen and oxygen atoms in total. The molecule has 1 aliphatic heterocycles. The molecule has 0 atom stereocenters. The third-order valence-corrected chi connectivity index (χ3v) is 4.72. The first-order chi connectivity index (χ1) is 8.91. The Labute approximate surface area is 109 Å². The summed E-state index contributed by atoms with van der Waals surface area (Å²) in [6, 6.07) is 2.30. The number of sulfonamides is 1. The van der Waals surface area contributed by atoms with Crippen molar-refractivity contribution in [2.24, 2.45) is 0 Å². The van der Waals surface area contributed by atoms with E-state index >= 15 is 0 Å². The van der Waals surface area contributed by atoms with Crippen molar-refractivity contribution in [3.63, 3.8) is 0 Å². The average Bonchev–Trinajstić information content (AvgIpc) is 2.53. The minimum atomic E-state index is -4.06. The van der Waals surface area contributed by atoms with Crippen LogP contribution in [0.1, 0.15) is 6.42 Å². The molecule has 0 aromatic heterocycles. The van der Waals surface area contributed by atoms with E-state index in [0.717, 1.165) is 16.4 Å². The van der Waals surface area contributed by atoms with Crippen molar-refractivity contribution in [3.8, 4) is 0 Å². The van der Waals surface area contributed by atoms with Crippen molar-refractivity contribution in [1.82, 2.24) is 9.62 Å². The summed E-state index contributed by atoms with van der Waals surface area (Å²) in [5.74, 6) is -2.23. The number of halogens is 2. The summed E-state index contributed by atoms with van der Waals surface area (Å²) in [6.07, 6.45) is 0.0159. The van der Waals surface area contributed by atoms with Gasteiger partial charge in [0, 0.05) is 32.1 Å². The summed E-state index contributed by atoms with van der Waals surface area (Å²) in [4.78, 5) is 10.6. The predicted octanol–water partition coefficient (Wildman–Crippen LogP) is 0.475. The molecule has 1 fully saturated rings. The predicted molar refractivity (Wildman–Crippen MR) is 62.7 cm³/mol. The molecule has 0 unspecified atom stereocenters. The summed E-state index contributed by atoms with van der Waals surface area (Å²) in [5.41, 5.74) is 0. The Balaban J connectivity index is 2.33. The molecule has 1 aromatic carbocycles. The van der Waals surface area contributed by atoms with E-state index in [0.29, 0.717) is 6.07 Å². The molecule has 0 aliphatic carbocycles. The van der Waals surface area contributed by atoms with Crippen molar-refractivity contribution in [1.29, 1.82) is 0 Å². The van der Waals surface area contributed by atoms with Gasteiger partial charge in [-0.15, -0.1) is 0 Å². The molecule has 0 saturated carbocycles. The van der Waals surface area contributed by atoms with Gasteiger partial charge in [-0.05, 0) is 12.1 Å². The number of carbonyl (C=O) groups excluding carboxylic acids is 1. The Morgan fingerprint density at radius 3 is 2.63 bits per heavy atom. The Kier molecular flexibility index (Phi) is 3.81. The zero-order chi connectivity index (χ0) is 14.0.